The summed E-state index contributed by atoms with van der Waals surface area (Å²) >= 11 is 0. The van der Waals surface area contributed by atoms with Gasteiger partial charge in [0, 0.05) is 18.4 Å². The third-order valence-corrected chi connectivity index (χ3v) is 3.32. The van der Waals surface area contributed by atoms with Crippen LogP contribution in [0.5, 0.6) is 0 Å². The molecule has 1 heterocycles. The fourth-order valence-electron chi connectivity index (χ4n) is 2.22. The van der Waals surface area contributed by atoms with Crippen molar-refractivity contribution in [2.24, 2.45) is 0 Å². The summed E-state index contributed by atoms with van der Waals surface area (Å²) < 4.78 is 0. The maximum absolute atomic E-state index is 12.3. The van der Waals surface area contributed by atoms with Gasteiger partial charge in [-0.15, -0.1) is 11.0 Å². The second-order valence-corrected chi connectivity index (χ2v) is 4.77. The van der Waals surface area contributed by atoms with Gasteiger partial charge in [-0.25, -0.2) is 4.79 Å². The lowest BCUT2D eigenvalue weighted by Gasteiger charge is -2.15. The molecule has 1 aliphatic heterocycles. The van der Waals surface area contributed by atoms with Gasteiger partial charge in [0.15, 0.2) is 0 Å². The summed E-state index contributed by atoms with van der Waals surface area (Å²) in [7, 11) is 0. The molecule has 1 aromatic carbocycles. The Morgan fingerprint density at radius 2 is 1.56 bits per heavy atom. The molecule has 0 atom stereocenters. The Balaban J connectivity index is 0.00000134. The van der Waals surface area contributed by atoms with E-state index in [1.807, 2.05) is 33.8 Å². The molecule has 5 heteroatoms. The van der Waals surface area contributed by atoms with E-state index in [-0.39, 0.29) is 12.8 Å². The minimum Gasteiger partial charge on any atom is -0.325 e. The first kappa shape index (κ1) is 22.4. The maximum Gasteiger partial charge on any atom is 0.364 e. The number of aryl methyl sites for hydroxylation is 1. The van der Waals surface area contributed by atoms with Gasteiger partial charge in [0.1, 0.15) is 0 Å². The molecule has 0 bridgehead atoms. The van der Waals surface area contributed by atoms with Crippen molar-refractivity contribution in [2.75, 3.05) is 0 Å². The van der Waals surface area contributed by atoms with Gasteiger partial charge in [-0.2, -0.15) is 0 Å². The number of rotatable bonds is 2. The van der Waals surface area contributed by atoms with E-state index >= 15 is 0 Å². The summed E-state index contributed by atoms with van der Waals surface area (Å²) in [6.45, 7) is 13.2. The van der Waals surface area contributed by atoms with Crippen molar-refractivity contribution in [1.82, 2.24) is 5.06 Å². The van der Waals surface area contributed by atoms with Crippen LogP contribution in [0.2, 0.25) is 0 Å². The first-order chi connectivity index (χ1) is 12.0. The third-order valence-electron chi connectivity index (χ3n) is 3.32. The Bertz CT molecular complexity index is 680. The van der Waals surface area contributed by atoms with Gasteiger partial charge in [0.2, 0.25) is 0 Å². The van der Waals surface area contributed by atoms with Gasteiger partial charge < -0.3 is 4.84 Å². The van der Waals surface area contributed by atoms with Crippen LogP contribution in [0.15, 0.2) is 12.1 Å². The molecule has 0 radical (unpaired) electrons. The molecule has 25 heavy (non-hydrogen) atoms. The predicted octanol–water partition coefficient (Wildman–Crippen LogP) is 3.95. The fraction of sp³-hybridized carbons (Fsp3) is 0.450. The van der Waals surface area contributed by atoms with E-state index in [1.165, 1.54) is 0 Å². The molecule has 1 aliphatic rings. The van der Waals surface area contributed by atoms with Crippen molar-refractivity contribution >= 4 is 17.8 Å². The number of carbonyl (C=O) groups is 3. The summed E-state index contributed by atoms with van der Waals surface area (Å²) in [5, 5.41) is 0.555. The third kappa shape index (κ3) is 5.46. The van der Waals surface area contributed by atoms with Crippen LogP contribution in [0.25, 0.3) is 0 Å². The summed E-state index contributed by atoms with van der Waals surface area (Å²) in [6, 6.07) is 3.58. The Kier molecular flexibility index (Phi) is 9.88. The van der Waals surface area contributed by atoms with Crippen molar-refractivity contribution in [3.63, 3.8) is 0 Å². The molecule has 5 nitrogen and oxygen atoms in total. The van der Waals surface area contributed by atoms with E-state index in [0.29, 0.717) is 27.3 Å². The molecule has 1 aromatic rings. The zero-order valence-corrected chi connectivity index (χ0v) is 16.1. The molecule has 2 rings (SSSR count). The van der Waals surface area contributed by atoms with E-state index in [4.69, 9.17) is 4.84 Å². The summed E-state index contributed by atoms with van der Waals surface area (Å²) in [4.78, 5) is 40.2. The van der Waals surface area contributed by atoms with E-state index in [0.717, 1.165) is 0 Å². The molecule has 0 spiro atoms. The number of imide groups is 1. The molecular formula is C20H27NO4. The Hall–Kier alpha value is -2.61. The predicted molar refractivity (Wildman–Crippen MR) is 97.7 cm³/mol. The van der Waals surface area contributed by atoms with Crippen molar-refractivity contribution in [1.29, 1.82) is 0 Å². The molecule has 1 saturated heterocycles. The smallest absolute Gasteiger partial charge is 0.325 e. The number of hydrogen-bond donors (Lipinski definition) is 0. The Labute approximate surface area is 150 Å². The average molecular weight is 345 g/mol. The average Bonchev–Trinajstić information content (AvgIpc) is 2.93. The number of nitrogens with zero attached hydrogens (tertiary/aromatic N) is 1. The first-order valence-electron chi connectivity index (χ1n) is 8.56. The van der Waals surface area contributed by atoms with Gasteiger partial charge in [-0.3, -0.25) is 9.59 Å². The van der Waals surface area contributed by atoms with Crippen LogP contribution in [-0.2, 0) is 14.4 Å². The van der Waals surface area contributed by atoms with Crippen LogP contribution >= 0.6 is 0 Å². The van der Waals surface area contributed by atoms with E-state index in [1.54, 1.807) is 26.8 Å². The standard InChI is InChI=1S/C16H15NO4.2C2H6/c1-4-5-12-7-6-10(2)15(11(12)3)16(20)21-17-13(18)8-9-14(17)19;2*1-2/h6-7H,8-9H2,1-3H3;2*1-2H3. The highest BCUT2D eigenvalue weighted by Gasteiger charge is 2.33. The van der Waals surface area contributed by atoms with Gasteiger partial charge in [-0.1, -0.05) is 39.7 Å². The van der Waals surface area contributed by atoms with Gasteiger partial charge in [0.25, 0.3) is 11.8 Å². The second-order valence-electron chi connectivity index (χ2n) is 4.77. The van der Waals surface area contributed by atoms with E-state index in [9.17, 15) is 14.4 Å². The molecule has 0 N–H and O–H groups in total. The van der Waals surface area contributed by atoms with Crippen LogP contribution < -0.4 is 0 Å². The second kappa shape index (κ2) is 11.0. The lowest BCUT2D eigenvalue weighted by molar-refractivity contribution is -0.172. The number of hydroxylamine groups is 2. The van der Waals surface area contributed by atoms with Crippen LogP contribution in [0.4, 0.5) is 0 Å². The maximum atomic E-state index is 12.3. The molecule has 0 aromatic heterocycles. The Morgan fingerprint density at radius 3 is 2.04 bits per heavy atom. The van der Waals surface area contributed by atoms with E-state index in [2.05, 4.69) is 11.8 Å². The molecule has 136 valence electrons. The van der Waals surface area contributed by atoms with E-state index < -0.39 is 17.8 Å². The highest BCUT2D eigenvalue weighted by Crippen LogP contribution is 2.21. The van der Waals surface area contributed by atoms with Gasteiger partial charge in [-0.05, 0) is 38.0 Å². The Morgan fingerprint density at radius 1 is 1.04 bits per heavy atom. The van der Waals surface area contributed by atoms with Crippen molar-refractivity contribution < 1.29 is 19.2 Å². The molecule has 0 saturated carbocycles. The molecule has 2 amide bonds. The van der Waals surface area contributed by atoms with Crippen molar-refractivity contribution in [3.05, 3.63) is 34.4 Å². The monoisotopic (exact) mass is 345 g/mol. The topological polar surface area (TPSA) is 63.7 Å². The summed E-state index contributed by atoms with van der Waals surface area (Å²) in [6.07, 6.45) is 0.150. The zero-order valence-electron chi connectivity index (χ0n) is 16.1. The summed E-state index contributed by atoms with van der Waals surface area (Å²) in [5.41, 5.74) is 2.43. The molecule has 0 aliphatic carbocycles. The normalized spacial score (nSPS) is 12.2. The van der Waals surface area contributed by atoms with Crippen LogP contribution in [0, 0.1) is 25.7 Å². The highest BCUT2D eigenvalue weighted by atomic mass is 16.7. The molecule has 0 unspecified atom stereocenters. The minimum atomic E-state index is -0.714. The highest BCUT2D eigenvalue weighted by molar-refractivity contribution is 6.03. The number of carbonyl (C=O) groups excluding carboxylic acids is 3. The van der Waals surface area contributed by atoms with Crippen molar-refractivity contribution in [3.8, 4) is 11.8 Å². The van der Waals surface area contributed by atoms with Crippen LogP contribution in [0.1, 0.15) is 74.5 Å². The SMILES string of the molecule is CC.CC.CC#Cc1ccc(C)c(C(=O)ON2C(=O)CCC2=O)c1C. The largest absolute Gasteiger partial charge is 0.364 e. The quantitative estimate of drug-likeness (QED) is 0.601. The number of hydrogen-bond acceptors (Lipinski definition) is 4. The lowest BCUT2D eigenvalue weighted by atomic mass is 9.98. The van der Waals surface area contributed by atoms with Gasteiger partial charge >= 0.3 is 5.97 Å². The summed E-state index contributed by atoms with van der Waals surface area (Å²) in [5.74, 6) is 3.98. The number of amides is 2. The molecular weight excluding hydrogens is 318 g/mol. The zero-order chi connectivity index (χ0) is 19.6. The first-order valence-corrected chi connectivity index (χ1v) is 8.56. The minimum absolute atomic E-state index is 0.0748. The fourth-order valence-corrected chi connectivity index (χ4v) is 2.22. The molecule has 1 fully saturated rings. The van der Waals surface area contributed by atoms with Crippen molar-refractivity contribution in [2.45, 2.75) is 61.3 Å². The van der Waals surface area contributed by atoms with Crippen LogP contribution in [0.3, 0.4) is 0 Å². The number of benzene rings is 1. The van der Waals surface area contributed by atoms with Crippen LogP contribution in [-0.4, -0.2) is 22.8 Å². The van der Waals surface area contributed by atoms with Gasteiger partial charge in [0.05, 0.1) is 5.56 Å². The lowest BCUT2D eigenvalue weighted by Crippen LogP contribution is -2.32.